The summed E-state index contributed by atoms with van der Waals surface area (Å²) >= 11 is 1.44. The summed E-state index contributed by atoms with van der Waals surface area (Å²) in [5.41, 5.74) is 1.40. The standard InChI is InChI=1S/C22H18F3NO3S/c1-14-12-30-13-17(14)9-19(20(27)16-5-3-7-26-10-16)21(28)29-11-15-4-2-6-18(8-15)22(23,24)25/h2-10,12-13,20,27H,11H2,1H3. The van der Waals surface area contributed by atoms with Gasteiger partial charge in [-0.05, 0) is 58.6 Å². The van der Waals surface area contributed by atoms with Crippen molar-refractivity contribution >= 4 is 23.4 Å². The Bertz CT molecular complexity index is 1050. The van der Waals surface area contributed by atoms with Crippen molar-refractivity contribution in [2.24, 2.45) is 0 Å². The number of aromatic nitrogens is 1. The molecule has 1 atom stereocenters. The molecule has 1 unspecified atom stereocenters. The SMILES string of the molecule is Cc1cscc1C=C(C(=O)OCc1cccc(C(F)(F)F)c1)C(O)c1cccnc1. The van der Waals surface area contributed by atoms with Crippen LogP contribution in [-0.4, -0.2) is 16.1 Å². The highest BCUT2D eigenvalue weighted by molar-refractivity contribution is 7.08. The van der Waals surface area contributed by atoms with E-state index in [4.69, 9.17) is 4.74 Å². The second-order valence-corrected chi connectivity index (χ2v) is 7.32. The van der Waals surface area contributed by atoms with Crippen LogP contribution in [0.15, 0.2) is 65.1 Å². The van der Waals surface area contributed by atoms with E-state index >= 15 is 0 Å². The van der Waals surface area contributed by atoms with Gasteiger partial charge in [0, 0.05) is 18.0 Å². The molecule has 0 spiro atoms. The number of ether oxygens (including phenoxy) is 1. The number of halogens is 3. The van der Waals surface area contributed by atoms with E-state index in [0.29, 0.717) is 5.56 Å². The zero-order valence-corrected chi connectivity index (χ0v) is 16.7. The van der Waals surface area contributed by atoms with Crippen LogP contribution in [0.5, 0.6) is 0 Å². The second kappa shape index (κ2) is 9.23. The first-order valence-electron chi connectivity index (χ1n) is 8.91. The minimum atomic E-state index is -4.49. The summed E-state index contributed by atoms with van der Waals surface area (Å²) in [6.07, 6.45) is -1.30. The number of alkyl halides is 3. The molecule has 2 aromatic heterocycles. The number of nitrogens with zero attached hydrogens (tertiary/aromatic N) is 1. The highest BCUT2D eigenvalue weighted by atomic mass is 32.1. The Morgan fingerprint density at radius 2 is 2.07 bits per heavy atom. The first-order chi connectivity index (χ1) is 14.3. The molecule has 156 valence electrons. The van der Waals surface area contributed by atoms with Crippen LogP contribution < -0.4 is 0 Å². The molecule has 0 fully saturated rings. The molecule has 4 nitrogen and oxygen atoms in total. The van der Waals surface area contributed by atoms with Crippen molar-refractivity contribution in [3.05, 3.63) is 92.9 Å². The summed E-state index contributed by atoms with van der Waals surface area (Å²) in [7, 11) is 0. The van der Waals surface area contributed by atoms with E-state index in [1.807, 2.05) is 17.7 Å². The monoisotopic (exact) mass is 433 g/mol. The molecular formula is C22H18F3NO3S. The Morgan fingerprint density at radius 3 is 2.70 bits per heavy atom. The first kappa shape index (κ1) is 21.7. The number of pyridine rings is 1. The van der Waals surface area contributed by atoms with E-state index in [9.17, 15) is 23.1 Å². The number of carbonyl (C=O) groups excluding carboxylic acids is 1. The molecule has 3 rings (SSSR count). The van der Waals surface area contributed by atoms with E-state index in [2.05, 4.69) is 4.98 Å². The lowest BCUT2D eigenvalue weighted by atomic mass is 10.0. The number of carbonyl (C=O) groups is 1. The van der Waals surface area contributed by atoms with Crippen molar-refractivity contribution in [2.75, 3.05) is 0 Å². The van der Waals surface area contributed by atoms with E-state index < -0.39 is 23.8 Å². The van der Waals surface area contributed by atoms with Crippen LogP contribution in [0.2, 0.25) is 0 Å². The average molecular weight is 433 g/mol. The van der Waals surface area contributed by atoms with Gasteiger partial charge >= 0.3 is 12.1 Å². The van der Waals surface area contributed by atoms with E-state index in [-0.39, 0.29) is 17.7 Å². The molecule has 0 radical (unpaired) electrons. The van der Waals surface area contributed by atoms with Gasteiger partial charge < -0.3 is 9.84 Å². The third-order valence-electron chi connectivity index (χ3n) is 4.36. The van der Waals surface area contributed by atoms with Crippen LogP contribution in [0, 0.1) is 6.92 Å². The van der Waals surface area contributed by atoms with Gasteiger partial charge in [-0.1, -0.05) is 18.2 Å². The smallest absolute Gasteiger partial charge is 0.416 e. The Labute approximate surface area is 175 Å². The predicted octanol–water partition coefficient (Wildman–Crippen LogP) is 5.33. The summed E-state index contributed by atoms with van der Waals surface area (Å²) in [6.45, 7) is 1.51. The Kier molecular flexibility index (Phi) is 6.69. The molecule has 3 aromatic rings. The minimum absolute atomic E-state index is 0.0310. The zero-order valence-electron chi connectivity index (χ0n) is 15.9. The second-order valence-electron chi connectivity index (χ2n) is 6.57. The van der Waals surface area contributed by atoms with Gasteiger partial charge in [-0.2, -0.15) is 24.5 Å². The number of aryl methyl sites for hydroxylation is 1. The number of hydrogen-bond acceptors (Lipinski definition) is 5. The highest BCUT2D eigenvalue weighted by Gasteiger charge is 2.30. The third kappa shape index (κ3) is 5.34. The fourth-order valence-electron chi connectivity index (χ4n) is 2.72. The topological polar surface area (TPSA) is 59.4 Å². The third-order valence-corrected chi connectivity index (χ3v) is 5.24. The maximum absolute atomic E-state index is 12.9. The summed E-state index contributed by atoms with van der Waals surface area (Å²) in [6, 6.07) is 7.81. The molecule has 30 heavy (non-hydrogen) atoms. The Balaban J connectivity index is 1.84. The van der Waals surface area contributed by atoms with Crippen molar-refractivity contribution in [3.8, 4) is 0 Å². The van der Waals surface area contributed by atoms with Gasteiger partial charge in [0.2, 0.25) is 0 Å². The van der Waals surface area contributed by atoms with Crippen molar-refractivity contribution in [1.82, 2.24) is 4.98 Å². The van der Waals surface area contributed by atoms with Gasteiger partial charge in [-0.25, -0.2) is 4.79 Å². The lowest BCUT2D eigenvalue weighted by Crippen LogP contribution is -2.15. The molecular weight excluding hydrogens is 415 g/mol. The molecule has 0 saturated heterocycles. The maximum atomic E-state index is 12.9. The molecule has 0 aliphatic carbocycles. The highest BCUT2D eigenvalue weighted by Crippen LogP contribution is 2.30. The maximum Gasteiger partial charge on any atom is 0.416 e. The number of thiophene rings is 1. The Hall–Kier alpha value is -2.97. The number of aliphatic hydroxyl groups excluding tert-OH is 1. The quantitative estimate of drug-likeness (QED) is 0.422. The first-order valence-corrected chi connectivity index (χ1v) is 9.85. The minimum Gasteiger partial charge on any atom is -0.457 e. The van der Waals surface area contributed by atoms with Gasteiger partial charge in [0.05, 0.1) is 11.1 Å². The molecule has 0 aliphatic heterocycles. The number of hydrogen-bond donors (Lipinski definition) is 1. The fourth-order valence-corrected chi connectivity index (χ4v) is 3.53. The van der Waals surface area contributed by atoms with Gasteiger partial charge in [-0.3, -0.25) is 4.98 Å². The van der Waals surface area contributed by atoms with Crippen molar-refractivity contribution < 1.29 is 27.8 Å². The van der Waals surface area contributed by atoms with E-state index in [1.165, 1.54) is 41.9 Å². The molecule has 1 aromatic carbocycles. The predicted molar refractivity (Wildman–Crippen MR) is 107 cm³/mol. The molecule has 8 heteroatoms. The zero-order chi connectivity index (χ0) is 21.7. The molecule has 2 heterocycles. The molecule has 0 aliphatic rings. The van der Waals surface area contributed by atoms with Crippen LogP contribution in [0.4, 0.5) is 13.2 Å². The largest absolute Gasteiger partial charge is 0.457 e. The number of benzene rings is 1. The number of esters is 1. The van der Waals surface area contributed by atoms with Gasteiger partial charge in [-0.15, -0.1) is 0 Å². The van der Waals surface area contributed by atoms with Gasteiger partial charge in [0.15, 0.2) is 0 Å². The van der Waals surface area contributed by atoms with Crippen molar-refractivity contribution in [1.29, 1.82) is 0 Å². The lowest BCUT2D eigenvalue weighted by Gasteiger charge is -2.15. The van der Waals surface area contributed by atoms with E-state index in [1.54, 1.807) is 12.1 Å². The van der Waals surface area contributed by atoms with Crippen LogP contribution >= 0.6 is 11.3 Å². The summed E-state index contributed by atoms with van der Waals surface area (Å²) < 4.78 is 43.9. The normalized spacial score (nSPS) is 13.2. The molecule has 0 saturated carbocycles. The Morgan fingerprint density at radius 1 is 1.27 bits per heavy atom. The van der Waals surface area contributed by atoms with Crippen LogP contribution in [0.25, 0.3) is 6.08 Å². The van der Waals surface area contributed by atoms with Crippen LogP contribution in [-0.2, 0) is 22.3 Å². The lowest BCUT2D eigenvalue weighted by molar-refractivity contribution is -0.141. The molecule has 1 N–H and O–H groups in total. The van der Waals surface area contributed by atoms with Crippen molar-refractivity contribution in [2.45, 2.75) is 25.8 Å². The summed E-state index contributed by atoms with van der Waals surface area (Å²) in [4.78, 5) is 16.7. The van der Waals surface area contributed by atoms with Gasteiger partial charge in [0.1, 0.15) is 12.7 Å². The van der Waals surface area contributed by atoms with Crippen LogP contribution in [0.3, 0.4) is 0 Å². The van der Waals surface area contributed by atoms with Gasteiger partial charge in [0.25, 0.3) is 0 Å². The molecule has 0 bridgehead atoms. The van der Waals surface area contributed by atoms with E-state index in [0.717, 1.165) is 23.3 Å². The average Bonchev–Trinajstić information content (AvgIpc) is 3.14. The fraction of sp³-hybridized carbons (Fsp3) is 0.182. The number of aliphatic hydroxyl groups is 1. The summed E-state index contributed by atoms with van der Waals surface area (Å²) in [5.74, 6) is -0.825. The summed E-state index contributed by atoms with van der Waals surface area (Å²) in [5, 5.41) is 14.5. The number of rotatable bonds is 6. The molecule has 0 amide bonds. The van der Waals surface area contributed by atoms with Crippen LogP contribution in [0.1, 0.15) is 33.9 Å². The van der Waals surface area contributed by atoms with Crippen molar-refractivity contribution in [3.63, 3.8) is 0 Å².